The summed E-state index contributed by atoms with van der Waals surface area (Å²) in [5.74, 6) is -0.0286. The van der Waals surface area contributed by atoms with E-state index in [4.69, 9.17) is 4.74 Å². The van der Waals surface area contributed by atoms with Crippen LogP contribution in [0.15, 0.2) is 24.3 Å². The zero-order chi connectivity index (χ0) is 52.9. The minimum atomic E-state index is -0.663. The van der Waals surface area contributed by atoms with Crippen LogP contribution >= 0.6 is 0 Å². The SMILES string of the molecule is CCCCCC/C=C\C/C=C\CCCCCCCC(=O)OCCCCCCCCCCCCCCCCCCCCCCCCCCC(=O)NC(CO)C(O)CCCCCCCCCCCCCCCCCC. The van der Waals surface area contributed by atoms with Gasteiger partial charge < -0.3 is 20.3 Å². The van der Waals surface area contributed by atoms with Gasteiger partial charge in [0.05, 0.1) is 25.4 Å². The van der Waals surface area contributed by atoms with Crippen molar-refractivity contribution in [2.45, 2.75) is 379 Å². The molecule has 0 radical (unpaired) electrons. The van der Waals surface area contributed by atoms with E-state index < -0.39 is 12.1 Å². The van der Waals surface area contributed by atoms with Crippen molar-refractivity contribution in [3.05, 3.63) is 24.3 Å². The van der Waals surface area contributed by atoms with Gasteiger partial charge in [0, 0.05) is 12.8 Å². The largest absolute Gasteiger partial charge is 0.466 e. The maximum absolute atomic E-state index is 12.5. The molecule has 0 saturated carbocycles. The highest BCUT2D eigenvalue weighted by Crippen LogP contribution is 2.18. The Kier molecular flexibility index (Phi) is 61.4. The lowest BCUT2D eigenvalue weighted by Gasteiger charge is -2.22. The molecule has 3 N–H and O–H groups in total. The van der Waals surface area contributed by atoms with Crippen LogP contribution in [-0.2, 0) is 14.3 Å². The van der Waals surface area contributed by atoms with Gasteiger partial charge in [-0.25, -0.2) is 0 Å². The first-order chi connectivity index (χ1) is 36.0. The maximum Gasteiger partial charge on any atom is 0.305 e. The molecule has 0 aromatic rings. The van der Waals surface area contributed by atoms with Gasteiger partial charge >= 0.3 is 5.97 Å². The van der Waals surface area contributed by atoms with Gasteiger partial charge in [-0.2, -0.15) is 0 Å². The minimum Gasteiger partial charge on any atom is -0.466 e. The molecule has 2 unspecified atom stereocenters. The van der Waals surface area contributed by atoms with Gasteiger partial charge in [-0.15, -0.1) is 0 Å². The first kappa shape index (κ1) is 71.3. The zero-order valence-electron chi connectivity index (χ0n) is 49.4. The van der Waals surface area contributed by atoms with Gasteiger partial charge in [0.1, 0.15) is 0 Å². The van der Waals surface area contributed by atoms with Crippen molar-refractivity contribution in [2.24, 2.45) is 0 Å². The number of allylic oxidation sites excluding steroid dienone is 4. The molecule has 0 rings (SSSR count). The molecule has 0 aliphatic heterocycles. The van der Waals surface area contributed by atoms with E-state index in [-0.39, 0.29) is 18.5 Å². The van der Waals surface area contributed by atoms with Crippen LogP contribution in [0.25, 0.3) is 0 Å². The molecule has 0 bridgehead atoms. The Morgan fingerprint density at radius 3 is 1.05 bits per heavy atom. The lowest BCUT2D eigenvalue weighted by atomic mass is 10.0. The lowest BCUT2D eigenvalue weighted by molar-refractivity contribution is -0.143. The van der Waals surface area contributed by atoms with Crippen molar-refractivity contribution in [1.82, 2.24) is 5.32 Å². The Hall–Kier alpha value is -1.66. The van der Waals surface area contributed by atoms with Crippen LogP contribution in [0.2, 0.25) is 0 Å². The van der Waals surface area contributed by atoms with E-state index in [0.717, 1.165) is 51.4 Å². The first-order valence-corrected chi connectivity index (χ1v) is 33.1. The summed E-state index contributed by atoms with van der Waals surface area (Å²) in [6.45, 7) is 4.96. The highest BCUT2D eigenvalue weighted by molar-refractivity contribution is 5.76. The van der Waals surface area contributed by atoms with Gasteiger partial charge in [-0.3, -0.25) is 9.59 Å². The number of unbranched alkanes of at least 4 members (excludes halogenated alkanes) is 47. The molecule has 2 atom stereocenters. The molecule has 0 aromatic heterocycles. The van der Waals surface area contributed by atoms with E-state index in [2.05, 4.69) is 43.5 Å². The van der Waals surface area contributed by atoms with E-state index in [9.17, 15) is 19.8 Å². The van der Waals surface area contributed by atoms with Crippen LogP contribution in [0.5, 0.6) is 0 Å². The number of hydrogen-bond acceptors (Lipinski definition) is 5. The van der Waals surface area contributed by atoms with E-state index in [1.807, 2.05) is 0 Å². The third kappa shape index (κ3) is 59.4. The number of carbonyl (C=O) groups is 2. The average molecular weight is 1030 g/mol. The molecule has 432 valence electrons. The summed E-state index contributed by atoms with van der Waals surface area (Å²) in [7, 11) is 0. The smallest absolute Gasteiger partial charge is 0.305 e. The molecule has 0 aliphatic carbocycles. The van der Waals surface area contributed by atoms with Gasteiger partial charge in [-0.05, 0) is 57.8 Å². The Morgan fingerprint density at radius 1 is 0.384 bits per heavy atom. The van der Waals surface area contributed by atoms with Crippen LogP contribution in [0, 0.1) is 0 Å². The number of rotatable bonds is 62. The molecular formula is C67H129NO5. The third-order valence-corrected chi connectivity index (χ3v) is 15.5. The highest BCUT2D eigenvalue weighted by Gasteiger charge is 2.20. The van der Waals surface area contributed by atoms with E-state index in [1.54, 1.807) is 0 Å². The summed E-state index contributed by atoms with van der Waals surface area (Å²) >= 11 is 0. The summed E-state index contributed by atoms with van der Waals surface area (Å²) in [4.78, 5) is 24.6. The Labute approximate surface area is 456 Å². The van der Waals surface area contributed by atoms with Crippen LogP contribution in [0.3, 0.4) is 0 Å². The summed E-state index contributed by atoms with van der Waals surface area (Å²) < 4.78 is 5.49. The summed E-state index contributed by atoms with van der Waals surface area (Å²) in [5, 5.41) is 23.3. The molecule has 0 aliphatic rings. The zero-order valence-corrected chi connectivity index (χ0v) is 49.4. The predicted octanol–water partition coefficient (Wildman–Crippen LogP) is 21.0. The van der Waals surface area contributed by atoms with Crippen molar-refractivity contribution in [3.63, 3.8) is 0 Å². The second-order valence-corrected chi connectivity index (χ2v) is 22.8. The van der Waals surface area contributed by atoms with Gasteiger partial charge in [0.2, 0.25) is 5.91 Å². The summed E-state index contributed by atoms with van der Waals surface area (Å²) in [5.41, 5.74) is 0. The Bertz CT molecular complexity index is 1140. The van der Waals surface area contributed by atoms with Crippen LogP contribution in [0.4, 0.5) is 0 Å². The van der Waals surface area contributed by atoms with Crippen LogP contribution in [-0.4, -0.2) is 47.4 Å². The minimum absolute atomic E-state index is 0.00258. The average Bonchev–Trinajstić information content (AvgIpc) is 3.39. The molecule has 73 heavy (non-hydrogen) atoms. The summed E-state index contributed by atoms with van der Waals surface area (Å²) in [6.07, 6.45) is 77.7. The number of ether oxygens (including phenoxy) is 1. The number of nitrogens with one attached hydrogen (secondary N) is 1. The van der Waals surface area contributed by atoms with Gasteiger partial charge in [-0.1, -0.05) is 321 Å². The quantitative estimate of drug-likeness (QED) is 0.0320. The van der Waals surface area contributed by atoms with Crippen molar-refractivity contribution in [2.75, 3.05) is 13.2 Å². The molecule has 6 heteroatoms. The predicted molar refractivity (Wildman–Crippen MR) is 320 cm³/mol. The maximum atomic E-state index is 12.5. The lowest BCUT2D eigenvalue weighted by Crippen LogP contribution is -2.45. The first-order valence-electron chi connectivity index (χ1n) is 33.1. The number of carbonyl (C=O) groups excluding carboxylic acids is 2. The third-order valence-electron chi connectivity index (χ3n) is 15.5. The molecule has 0 spiro atoms. The number of esters is 1. The fourth-order valence-electron chi connectivity index (χ4n) is 10.4. The topological polar surface area (TPSA) is 95.9 Å². The second-order valence-electron chi connectivity index (χ2n) is 22.8. The van der Waals surface area contributed by atoms with E-state index in [0.29, 0.717) is 25.9 Å². The van der Waals surface area contributed by atoms with Crippen molar-refractivity contribution in [3.8, 4) is 0 Å². The molecule has 0 saturated heterocycles. The van der Waals surface area contributed by atoms with Crippen LogP contribution in [0.1, 0.15) is 367 Å². The normalized spacial score (nSPS) is 12.7. The number of amides is 1. The number of aliphatic hydroxyl groups excluding tert-OH is 2. The standard InChI is InChI=1S/C67H129NO5/c1-3-5-7-9-11-13-15-17-19-31-35-39-43-47-51-55-59-65(70)64(63-69)68-66(71)60-56-52-48-44-40-36-32-29-27-25-23-21-22-24-26-28-30-34-38-42-46-50-54-58-62-73-67(72)61-57-53-49-45-41-37-33-20-18-16-14-12-10-8-6-4-2/h14,16,20,33,64-65,69-70H,3-13,15,17-19,21-32,34-63H2,1-2H3,(H,68,71)/b16-14-,33-20-. The summed E-state index contributed by atoms with van der Waals surface area (Å²) in [6, 6.07) is -0.540. The molecular weight excluding hydrogens is 899 g/mol. The van der Waals surface area contributed by atoms with Crippen molar-refractivity contribution < 1.29 is 24.5 Å². The van der Waals surface area contributed by atoms with Crippen molar-refractivity contribution >= 4 is 11.9 Å². The van der Waals surface area contributed by atoms with E-state index in [1.165, 1.54) is 283 Å². The second kappa shape index (κ2) is 62.9. The Balaban J connectivity index is 3.36. The highest BCUT2D eigenvalue weighted by atomic mass is 16.5. The van der Waals surface area contributed by atoms with Gasteiger partial charge in [0.15, 0.2) is 0 Å². The van der Waals surface area contributed by atoms with Crippen LogP contribution < -0.4 is 5.32 Å². The fourth-order valence-corrected chi connectivity index (χ4v) is 10.4. The molecule has 1 amide bonds. The molecule has 0 aromatic carbocycles. The monoisotopic (exact) mass is 1030 g/mol. The number of aliphatic hydroxyl groups is 2. The number of hydrogen-bond donors (Lipinski definition) is 3. The van der Waals surface area contributed by atoms with Gasteiger partial charge in [0.25, 0.3) is 0 Å². The fraction of sp³-hybridized carbons (Fsp3) is 0.910. The molecule has 0 heterocycles. The molecule has 6 nitrogen and oxygen atoms in total. The van der Waals surface area contributed by atoms with E-state index >= 15 is 0 Å². The molecule has 0 fully saturated rings. The van der Waals surface area contributed by atoms with Crippen molar-refractivity contribution in [1.29, 1.82) is 0 Å². The Morgan fingerprint density at radius 2 is 0.685 bits per heavy atom.